The zero-order valence-electron chi connectivity index (χ0n) is 19.9. The van der Waals surface area contributed by atoms with Gasteiger partial charge in [0.05, 0.1) is 44.5 Å². The van der Waals surface area contributed by atoms with E-state index in [0.717, 1.165) is 0 Å². The van der Waals surface area contributed by atoms with Crippen LogP contribution in [0.5, 0.6) is 5.75 Å². The smallest absolute Gasteiger partial charge is 0.244 e. The molecule has 5 rings (SSSR count). The van der Waals surface area contributed by atoms with Crippen molar-refractivity contribution in [3.05, 3.63) is 52.3 Å². The Bertz CT molecular complexity index is 1420. The summed E-state index contributed by atoms with van der Waals surface area (Å²) in [5.74, 6) is -0.490. The standard InChI is InChI=1S/C25H24Cl2N4O5S/c1-36-16-3-4-20(18(27)10-16)37(34,35)17-11-19(22(32)30-24(14-28)6-7-24)31(13-17)23(33)25(8-9-25)21-5-2-15(26)12-29-21/h2-5,10,12,17,19H,6-9,11,13H2,1H3,(H,30,32)/t17?,19-/m0/s1. The molecule has 1 saturated heterocycles. The van der Waals surface area contributed by atoms with Gasteiger partial charge >= 0.3 is 0 Å². The number of pyridine rings is 1. The number of benzene rings is 1. The van der Waals surface area contributed by atoms with Crippen LogP contribution < -0.4 is 10.1 Å². The lowest BCUT2D eigenvalue weighted by atomic mass is 9.99. The number of halogens is 2. The maximum Gasteiger partial charge on any atom is 0.244 e. The van der Waals surface area contributed by atoms with Gasteiger partial charge < -0.3 is 15.0 Å². The Labute approximate surface area is 224 Å². The average molecular weight is 563 g/mol. The molecule has 194 valence electrons. The van der Waals surface area contributed by atoms with Crippen LogP contribution in [0.1, 0.15) is 37.8 Å². The van der Waals surface area contributed by atoms with Crippen molar-refractivity contribution in [1.29, 1.82) is 5.26 Å². The molecule has 1 unspecified atom stereocenters. The molecule has 2 aromatic rings. The molecule has 2 heterocycles. The van der Waals surface area contributed by atoms with E-state index in [1.807, 2.05) is 0 Å². The molecular weight excluding hydrogens is 539 g/mol. The van der Waals surface area contributed by atoms with E-state index in [4.69, 9.17) is 27.9 Å². The van der Waals surface area contributed by atoms with Crippen LogP contribution >= 0.6 is 23.2 Å². The SMILES string of the molecule is COc1ccc(S(=O)(=O)C2C[C@@H](C(=O)NC3(C#N)CC3)N(C(=O)C3(c4ccc(Cl)cn4)CC3)C2)c(Cl)c1. The van der Waals surface area contributed by atoms with Gasteiger partial charge in [-0.3, -0.25) is 14.6 Å². The number of amides is 2. The normalized spacial score (nSPS) is 23.1. The topological polar surface area (TPSA) is 129 Å². The number of carbonyl (C=O) groups is 2. The summed E-state index contributed by atoms with van der Waals surface area (Å²) in [6.07, 6.45) is 3.41. The van der Waals surface area contributed by atoms with E-state index >= 15 is 0 Å². The largest absolute Gasteiger partial charge is 0.497 e. The van der Waals surface area contributed by atoms with E-state index in [-0.39, 0.29) is 28.8 Å². The van der Waals surface area contributed by atoms with Gasteiger partial charge in [0.1, 0.15) is 17.3 Å². The number of nitrogens with zero attached hydrogens (tertiary/aromatic N) is 3. The fourth-order valence-electron chi connectivity index (χ4n) is 4.86. The quantitative estimate of drug-likeness (QED) is 0.548. The van der Waals surface area contributed by atoms with Gasteiger partial charge in [0.2, 0.25) is 11.8 Å². The fraction of sp³-hybridized carbons (Fsp3) is 0.440. The van der Waals surface area contributed by atoms with Crippen LogP contribution in [0.3, 0.4) is 0 Å². The number of nitriles is 1. The first-order chi connectivity index (χ1) is 17.5. The van der Waals surface area contributed by atoms with Gasteiger partial charge in [-0.15, -0.1) is 0 Å². The number of hydrogen-bond donors (Lipinski definition) is 1. The van der Waals surface area contributed by atoms with Crippen LogP contribution in [-0.4, -0.2) is 60.6 Å². The third-order valence-electron chi connectivity index (χ3n) is 7.41. The second-order valence-electron chi connectivity index (χ2n) is 9.80. The lowest BCUT2D eigenvalue weighted by Gasteiger charge is -2.28. The predicted molar refractivity (Wildman–Crippen MR) is 135 cm³/mol. The van der Waals surface area contributed by atoms with Gasteiger partial charge in [0.25, 0.3) is 0 Å². The summed E-state index contributed by atoms with van der Waals surface area (Å²) in [4.78, 5) is 32.8. The van der Waals surface area contributed by atoms with Gasteiger partial charge in [-0.1, -0.05) is 23.2 Å². The average Bonchev–Trinajstić information content (AvgIpc) is 3.80. The Balaban J connectivity index is 1.48. The number of aromatic nitrogens is 1. The number of carbonyl (C=O) groups excluding carboxylic acids is 2. The first-order valence-electron chi connectivity index (χ1n) is 11.8. The van der Waals surface area contributed by atoms with Gasteiger partial charge in [-0.2, -0.15) is 5.26 Å². The number of hydrogen-bond acceptors (Lipinski definition) is 7. The molecule has 1 aromatic heterocycles. The van der Waals surface area contributed by atoms with E-state index in [2.05, 4.69) is 16.4 Å². The van der Waals surface area contributed by atoms with E-state index in [0.29, 0.717) is 42.1 Å². The Morgan fingerprint density at radius 1 is 1.19 bits per heavy atom. The number of methoxy groups -OCH3 is 1. The molecule has 3 aliphatic rings. The van der Waals surface area contributed by atoms with Crippen LogP contribution in [0.25, 0.3) is 0 Å². The summed E-state index contributed by atoms with van der Waals surface area (Å²) in [7, 11) is -2.57. The summed E-state index contributed by atoms with van der Waals surface area (Å²) in [5, 5.41) is 11.5. The molecule has 1 N–H and O–H groups in total. The summed E-state index contributed by atoms with van der Waals surface area (Å²) in [5.41, 5.74) is -1.37. The molecule has 9 nitrogen and oxygen atoms in total. The third-order valence-corrected chi connectivity index (χ3v) is 10.3. The van der Waals surface area contributed by atoms with Crippen LogP contribution in [0, 0.1) is 11.3 Å². The van der Waals surface area contributed by atoms with Crippen molar-refractivity contribution in [1.82, 2.24) is 15.2 Å². The maximum absolute atomic E-state index is 13.9. The van der Waals surface area contributed by atoms with Crippen molar-refractivity contribution in [2.24, 2.45) is 0 Å². The highest BCUT2D eigenvalue weighted by atomic mass is 35.5. The zero-order valence-corrected chi connectivity index (χ0v) is 22.2. The summed E-state index contributed by atoms with van der Waals surface area (Å²) < 4.78 is 32.4. The molecule has 12 heteroatoms. The monoisotopic (exact) mass is 562 g/mol. The zero-order chi connectivity index (χ0) is 26.6. The van der Waals surface area contributed by atoms with Crippen molar-refractivity contribution in [2.75, 3.05) is 13.7 Å². The van der Waals surface area contributed by atoms with Crippen molar-refractivity contribution in [3.8, 4) is 11.8 Å². The predicted octanol–water partition coefficient (Wildman–Crippen LogP) is 3.04. The molecule has 2 atom stereocenters. The van der Waals surface area contributed by atoms with E-state index in [1.54, 1.807) is 12.1 Å². The molecule has 2 amide bonds. The number of likely N-dealkylation sites (tertiary alicyclic amines) is 1. The van der Waals surface area contributed by atoms with Gasteiger partial charge in [0.15, 0.2) is 9.84 Å². The molecule has 0 radical (unpaired) electrons. The minimum atomic E-state index is -4.02. The molecule has 1 aliphatic heterocycles. The number of sulfone groups is 1. The Morgan fingerprint density at radius 2 is 1.92 bits per heavy atom. The minimum absolute atomic E-state index is 0.00410. The molecule has 0 bridgehead atoms. The van der Waals surface area contributed by atoms with Crippen LogP contribution in [0.15, 0.2) is 41.4 Å². The Hall–Kier alpha value is -2.87. The van der Waals surface area contributed by atoms with Gasteiger partial charge in [0, 0.05) is 18.8 Å². The lowest BCUT2D eigenvalue weighted by molar-refractivity contribution is -0.140. The Kier molecular flexibility index (Phi) is 6.37. The molecule has 3 fully saturated rings. The van der Waals surface area contributed by atoms with Crippen molar-refractivity contribution in [2.45, 2.75) is 59.2 Å². The number of nitrogens with one attached hydrogen (secondary N) is 1. The molecule has 2 aliphatic carbocycles. The highest BCUT2D eigenvalue weighted by Gasteiger charge is 2.59. The van der Waals surface area contributed by atoms with E-state index in [1.165, 1.54) is 36.4 Å². The first kappa shape index (κ1) is 25.8. The highest BCUT2D eigenvalue weighted by Crippen LogP contribution is 2.50. The van der Waals surface area contributed by atoms with Crippen LogP contribution in [0.2, 0.25) is 10.0 Å². The second kappa shape index (κ2) is 9.15. The molecular formula is C25H24Cl2N4O5S. The molecule has 0 spiro atoms. The summed E-state index contributed by atoms with van der Waals surface area (Å²) in [6, 6.07) is 8.65. The van der Waals surface area contributed by atoms with Crippen LogP contribution in [-0.2, 0) is 24.8 Å². The number of ether oxygens (including phenoxy) is 1. The van der Waals surface area contributed by atoms with E-state index < -0.39 is 38.0 Å². The Morgan fingerprint density at radius 3 is 2.46 bits per heavy atom. The minimum Gasteiger partial charge on any atom is -0.497 e. The fourth-order valence-corrected chi connectivity index (χ4v) is 7.21. The molecule has 2 saturated carbocycles. The first-order valence-corrected chi connectivity index (χ1v) is 14.1. The molecule has 37 heavy (non-hydrogen) atoms. The van der Waals surface area contributed by atoms with Crippen molar-refractivity contribution >= 4 is 44.9 Å². The van der Waals surface area contributed by atoms with Crippen molar-refractivity contribution in [3.63, 3.8) is 0 Å². The maximum atomic E-state index is 13.9. The number of rotatable bonds is 7. The lowest BCUT2D eigenvalue weighted by Crippen LogP contribution is -2.51. The summed E-state index contributed by atoms with van der Waals surface area (Å²) in [6.45, 7) is -0.184. The van der Waals surface area contributed by atoms with Crippen LogP contribution in [0.4, 0.5) is 0 Å². The van der Waals surface area contributed by atoms with Gasteiger partial charge in [-0.25, -0.2) is 8.42 Å². The molecule has 1 aromatic carbocycles. The van der Waals surface area contributed by atoms with E-state index in [9.17, 15) is 23.3 Å². The van der Waals surface area contributed by atoms with Crippen molar-refractivity contribution < 1.29 is 22.7 Å². The second-order valence-corrected chi connectivity index (χ2v) is 12.8. The third kappa shape index (κ3) is 4.54. The summed E-state index contributed by atoms with van der Waals surface area (Å²) >= 11 is 12.3. The van der Waals surface area contributed by atoms with Gasteiger partial charge in [-0.05, 0) is 56.4 Å². The highest BCUT2D eigenvalue weighted by molar-refractivity contribution is 7.92.